The summed E-state index contributed by atoms with van der Waals surface area (Å²) >= 11 is 0. The number of hydrogen-bond donors (Lipinski definition) is 1. The van der Waals surface area contributed by atoms with E-state index in [1.165, 1.54) is 12.1 Å². The molecule has 1 aromatic carbocycles. The van der Waals surface area contributed by atoms with Gasteiger partial charge in [0.25, 0.3) is 0 Å². The van der Waals surface area contributed by atoms with Gasteiger partial charge >= 0.3 is 0 Å². The number of ether oxygens (including phenoxy) is 1. The molecule has 1 amide bonds. The standard InChI is InChI=1S/C11H14FNO2/c1-2-11(14)13-7-8-15-10-5-3-9(12)4-6-10/h3-6H,2,7-8H2,1H3,(H,13,14). The molecule has 0 aliphatic rings. The zero-order valence-corrected chi connectivity index (χ0v) is 8.63. The molecule has 3 nitrogen and oxygen atoms in total. The van der Waals surface area contributed by atoms with Crippen molar-refractivity contribution in [3.63, 3.8) is 0 Å². The van der Waals surface area contributed by atoms with Crippen LogP contribution in [0.1, 0.15) is 13.3 Å². The second-order valence-corrected chi connectivity index (χ2v) is 3.01. The van der Waals surface area contributed by atoms with E-state index in [1.807, 2.05) is 0 Å². The van der Waals surface area contributed by atoms with Crippen LogP contribution in [0.2, 0.25) is 0 Å². The third-order valence-electron chi connectivity index (χ3n) is 1.83. The van der Waals surface area contributed by atoms with Gasteiger partial charge in [-0.15, -0.1) is 0 Å². The minimum Gasteiger partial charge on any atom is -0.492 e. The fourth-order valence-electron chi connectivity index (χ4n) is 1.02. The number of carbonyl (C=O) groups is 1. The van der Waals surface area contributed by atoms with Gasteiger partial charge in [-0.1, -0.05) is 6.92 Å². The summed E-state index contributed by atoms with van der Waals surface area (Å²) in [6.07, 6.45) is 0.469. The minimum absolute atomic E-state index is 0.00212. The molecule has 15 heavy (non-hydrogen) atoms. The van der Waals surface area contributed by atoms with Gasteiger partial charge in [-0.3, -0.25) is 4.79 Å². The first kappa shape index (κ1) is 11.5. The summed E-state index contributed by atoms with van der Waals surface area (Å²) in [5, 5.41) is 2.68. The average molecular weight is 211 g/mol. The molecule has 0 saturated heterocycles. The Labute approximate surface area is 88.2 Å². The number of hydrogen-bond acceptors (Lipinski definition) is 2. The van der Waals surface area contributed by atoms with Crippen LogP contribution >= 0.6 is 0 Å². The van der Waals surface area contributed by atoms with Crippen molar-refractivity contribution in [3.05, 3.63) is 30.1 Å². The molecule has 0 unspecified atom stereocenters. The van der Waals surface area contributed by atoms with Gasteiger partial charge in [0.05, 0.1) is 6.54 Å². The number of halogens is 1. The maximum absolute atomic E-state index is 12.5. The van der Waals surface area contributed by atoms with Gasteiger partial charge in [-0.2, -0.15) is 0 Å². The van der Waals surface area contributed by atoms with E-state index in [0.29, 0.717) is 25.3 Å². The quantitative estimate of drug-likeness (QED) is 0.753. The van der Waals surface area contributed by atoms with E-state index in [4.69, 9.17) is 4.74 Å². The van der Waals surface area contributed by atoms with Crippen LogP contribution in [0.5, 0.6) is 5.75 Å². The molecule has 1 rings (SSSR count). The molecule has 0 atom stereocenters. The van der Waals surface area contributed by atoms with Crippen LogP contribution in [0, 0.1) is 5.82 Å². The van der Waals surface area contributed by atoms with E-state index in [-0.39, 0.29) is 11.7 Å². The smallest absolute Gasteiger partial charge is 0.219 e. The number of nitrogens with one attached hydrogen (secondary N) is 1. The summed E-state index contributed by atoms with van der Waals surface area (Å²) in [6.45, 7) is 2.64. The lowest BCUT2D eigenvalue weighted by molar-refractivity contribution is -0.120. The van der Waals surface area contributed by atoms with Crippen molar-refractivity contribution >= 4 is 5.91 Å². The normalized spacial score (nSPS) is 9.73. The van der Waals surface area contributed by atoms with E-state index in [2.05, 4.69) is 5.32 Å². The minimum atomic E-state index is -0.290. The van der Waals surface area contributed by atoms with Crippen molar-refractivity contribution in [1.29, 1.82) is 0 Å². The van der Waals surface area contributed by atoms with Crippen molar-refractivity contribution in [3.8, 4) is 5.75 Å². The van der Waals surface area contributed by atoms with Crippen LogP contribution in [0.25, 0.3) is 0 Å². The van der Waals surface area contributed by atoms with Gasteiger partial charge in [-0.05, 0) is 24.3 Å². The average Bonchev–Trinajstić information content (AvgIpc) is 2.26. The SMILES string of the molecule is CCC(=O)NCCOc1ccc(F)cc1. The zero-order valence-electron chi connectivity index (χ0n) is 8.63. The molecule has 1 aromatic rings. The highest BCUT2D eigenvalue weighted by Crippen LogP contribution is 2.10. The Kier molecular flexibility index (Phi) is 4.60. The third-order valence-corrected chi connectivity index (χ3v) is 1.83. The Morgan fingerprint density at radius 2 is 2.07 bits per heavy atom. The fourth-order valence-corrected chi connectivity index (χ4v) is 1.02. The predicted molar refractivity (Wildman–Crippen MR) is 55.2 cm³/mol. The summed E-state index contributed by atoms with van der Waals surface area (Å²) in [7, 11) is 0. The van der Waals surface area contributed by atoms with Crippen molar-refractivity contribution in [2.75, 3.05) is 13.2 Å². The largest absolute Gasteiger partial charge is 0.492 e. The lowest BCUT2D eigenvalue weighted by Gasteiger charge is -2.06. The van der Waals surface area contributed by atoms with Gasteiger partial charge < -0.3 is 10.1 Å². The summed E-state index contributed by atoms with van der Waals surface area (Å²) in [6, 6.07) is 5.77. The van der Waals surface area contributed by atoms with Crippen molar-refractivity contribution < 1.29 is 13.9 Å². The van der Waals surface area contributed by atoms with Crippen LogP contribution in [-0.2, 0) is 4.79 Å². The van der Waals surface area contributed by atoms with E-state index in [9.17, 15) is 9.18 Å². The van der Waals surface area contributed by atoms with E-state index >= 15 is 0 Å². The number of amides is 1. The molecule has 0 aliphatic heterocycles. The number of benzene rings is 1. The fraction of sp³-hybridized carbons (Fsp3) is 0.364. The first-order valence-electron chi connectivity index (χ1n) is 4.87. The summed E-state index contributed by atoms with van der Waals surface area (Å²) in [5.41, 5.74) is 0. The monoisotopic (exact) mass is 211 g/mol. The number of rotatable bonds is 5. The van der Waals surface area contributed by atoms with Crippen LogP contribution in [-0.4, -0.2) is 19.1 Å². The molecule has 0 saturated carbocycles. The first-order valence-corrected chi connectivity index (χ1v) is 4.87. The van der Waals surface area contributed by atoms with E-state index in [1.54, 1.807) is 19.1 Å². The maximum Gasteiger partial charge on any atom is 0.219 e. The highest BCUT2D eigenvalue weighted by molar-refractivity contribution is 5.75. The third kappa shape index (κ3) is 4.44. The molecule has 0 aromatic heterocycles. The summed E-state index contributed by atoms with van der Waals surface area (Å²) in [5.74, 6) is 0.307. The number of carbonyl (C=O) groups excluding carboxylic acids is 1. The lowest BCUT2D eigenvalue weighted by atomic mass is 10.3. The molecule has 0 aliphatic carbocycles. The highest BCUT2D eigenvalue weighted by Gasteiger charge is 1.96. The van der Waals surface area contributed by atoms with Crippen LogP contribution in [0.3, 0.4) is 0 Å². The van der Waals surface area contributed by atoms with Gasteiger partial charge in [0, 0.05) is 6.42 Å². The molecule has 0 heterocycles. The Morgan fingerprint density at radius 1 is 1.40 bits per heavy atom. The molecular formula is C11H14FNO2. The molecule has 0 radical (unpaired) electrons. The Balaban J connectivity index is 2.20. The van der Waals surface area contributed by atoms with Crippen molar-refractivity contribution in [2.24, 2.45) is 0 Å². The van der Waals surface area contributed by atoms with Crippen LogP contribution in [0.4, 0.5) is 4.39 Å². The van der Waals surface area contributed by atoms with Gasteiger partial charge in [0.2, 0.25) is 5.91 Å². The van der Waals surface area contributed by atoms with Gasteiger partial charge in [0.15, 0.2) is 0 Å². The molecule has 4 heteroatoms. The van der Waals surface area contributed by atoms with Crippen molar-refractivity contribution in [1.82, 2.24) is 5.32 Å². The lowest BCUT2D eigenvalue weighted by Crippen LogP contribution is -2.27. The summed E-state index contributed by atoms with van der Waals surface area (Å²) < 4.78 is 17.8. The van der Waals surface area contributed by atoms with Gasteiger partial charge in [-0.25, -0.2) is 4.39 Å². The Morgan fingerprint density at radius 3 is 2.67 bits per heavy atom. The molecular weight excluding hydrogens is 197 g/mol. The van der Waals surface area contributed by atoms with E-state index in [0.717, 1.165) is 0 Å². The van der Waals surface area contributed by atoms with E-state index < -0.39 is 0 Å². The zero-order chi connectivity index (χ0) is 11.1. The second-order valence-electron chi connectivity index (χ2n) is 3.01. The molecule has 1 N–H and O–H groups in total. The van der Waals surface area contributed by atoms with Gasteiger partial charge in [0.1, 0.15) is 18.2 Å². The summed E-state index contributed by atoms with van der Waals surface area (Å²) in [4.78, 5) is 10.9. The van der Waals surface area contributed by atoms with Crippen LogP contribution < -0.4 is 10.1 Å². The highest BCUT2D eigenvalue weighted by atomic mass is 19.1. The first-order chi connectivity index (χ1) is 7.22. The van der Waals surface area contributed by atoms with Crippen molar-refractivity contribution in [2.45, 2.75) is 13.3 Å². The predicted octanol–water partition coefficient (Wildman–Crippen LogP) is 1.73. The Hall–Kier alpha value is -1.58. The topological polar surface area (TPSA) is 38.3 Å². The van der Waals surface area contributed by atoms with Crippen LogP contribution in [0.15, 0.2) is 24.3 Å². The Bertz CT molecular complexity index is 311. The molecule has 0 bridgehead atoms. The molecule has 0 fully saturated rings. The maximum atomic E-state index is 12.5. The molecule has 0 spiro atoms. The molecule has 82 valence electrons. The second kappa shape index (κ2) is 6.01.